The van der Waals surface area contributed by atoms with Gasteiger partial charge < -0.3 is 4.74 Å². The molecule has 0 aliphatic carbocycles. The van der Waals surface area contributed by atoms with Crippen LogP contribution in [0.4, 0.5) is 0 Å². The monoisotopic (exact) mass is 170 g/mol. The van der Waals surface area contributed by atoms with Gasteiger partial charge in [0.2, 0.25) is 0 Å². The van der Waals surface area contributed by atoms with E-state index < -0.39 is 0 Å². The van der Waals surface area contributed by atoms with Gasteiger partial charge in [0.05, 0.1) is 13.5 Å². The molecule has 0 aromatic rings. The fraction of sp³-hybridized carbons (Fsp3) is 0.700. The third kappa shape index (κ3) is 4.94. The molecule has 1 atom stereocenters. The van der Waals surface area contributed by atoms with Crippen LogP contribution < -0.4 is 0 Å². The van der Waals surface area contributed by atoms with Crippen LogP contribution in [-0.2, 0) is 9.53 Å². The van der Waals surface area contributed by atoms with Crippen molar-refractivity contribution in [2.24, 2.45) is 5.92 Å². The Bertz CT molecular complexity index is 141. The second-order valence-corrected chi connectivity index (χ2v) is 2.92. The Morgan fingerprint density at radius 1 is 1.67 bits per heavy atom. The molecule has 0 saturated carbocycles. The maximum Gasteiger partial charge on any atom is 0.306 e. The average molecular weight is 170 g/mol. The summed E-state index contributed by atoms with van der Waals surface area (Å²) in [6.45, 7) is 5.83. The van der Waals surface area contributed by atoms with Gasteiger partial charge in [0.1, 0.15) is 0 Å². The molecule has 0 saturated heterocycles. The van der Waals surface area contributed by atoms with Crippen molar-refractivity contribution in [3.05, 3.63) is 12.7 Å². The highest BCUT2D eigenvalue weighted by Gasteiger charge is 2.09. The van der Waals surface area contributed by atoms with Crippen LogP contribution in [0.2, 0.25) is 0 Å². The molecule has 12 heavy (non-hydrogen) atoms. The molecule has 0 rings (SSSR count). The summed E-state index contributed by atoms with van der Waals surface area (Å²) < 4.78 is 4.58. The van der Waals surface area contributed by atoms with Gasteiger partial charge in [-0.25, -0.2) is 0 Å². The molecule has 0 aromatic carbocycles. The molecule has 2 nitrogen and oxygen atoms in total. The van der Waals surface area contributed by atoms with Gasteiger partial charge in [0.25, 0.3) is 0 Å². The van der Waals surface area contributed by atoms with Crippen LogP contribution in [0.5, 0.6) is 0 Å². The number of carbonyl (C=O) groups excluding carboxylic acids is 1. The molecule has 70 valence electrons. The van der Waals surface area contributed by atoms with E-state index in [2.05, 4.69) is 18.2 Å². The maximum absolute atomic E-state index is 10.9. The van der Waals surface area contributed by atoms with E-state index in [0.29, 0.717) is 6.42 Å². The lowest BCUT2D eigenvalue weighted by Crippen LogP contribution is -2.07. The predicted octanol–water partition coefficient (Wildman–Crippen LogP) is 2.54. The Balaban J connectivity index is 3.66. The number of carbonyl (C=O) groups is 1. The number of esters is 1. The zero-order chi connectivity index (χ0) is 9.40. The van der Waals surface area contributed by atoms with Crippen molar-refractivity contribution in [2.45, 2.75) is 32.6 Å². The van der Waals surface area contributed by atoms with Crippen LogP contribution in [0.3, 0.4) is 0 Å². The number of ether oxygens (including phenoxy) is 1. The van der Waals surface area contributed by atoms with Crippen molar-refractivity contribution >= 4 is 5.97 Å². The van der Waals surface area contributed by atoms with Gasteiger partial charge in [-0.05, 0) is 12.3 Å². The normalized spacial score (nSPS) is 12.2. The van der Waals surface area contributed by atoms with Gasteiger partial charge in [0, 0.05) is 0 Å². The molecule has 0 radical (unpaired) electrons. The minimum absolute atomic E-state index is 0.143. The van der Waals surface area contributed by atoms with Crippen molar-refractivity contribution in [3.63, 3.8) is 0 Å². The Morgan fingerprint density at radius 2 is 2.33 bits per heavy atom. The number of allylic oxidation sites excluding steroid dienone is 1. The first-order valence-electron chi connectivity index (χ1n) is 4.44. The topological polar surface area (TPSA) is 26.3 Å². The van der Waals surface area contributed by atoms with Crippen LogP contribution in [0.25, 0.3) is 0 Å². The highest BCUT2D eigenvalue weighted by atomic mass is 16.5. The lowest BCUT2D eigenvalue weighted by molar-refractivity contribution is -0.141. The van der Waals surface area contributed by atoms with Crippen LogP contribution >= 0.6 is 0 Å². The second kappa shape index (κ2) is 6.89. The standard InChI is InChI=1S/C10H18O2/c1-4-6-7-9(5-2)8-10(11)12-3/h5,9H,2,4,6-8H2,1,3H3/t9-/m0/s1. The molecule has 0 aliphatic heterocycles. The number of methoxy groups -OCH3 is 1. The minimum Gasteiger partial charge on any atom is -0.469 e. The van der Waals surface area contributed by atoms with Crippen LogP contribution in [0.15, 0.2) is 12.7 Å². The molecular weight excluding hydrogens is 152 g/mol. The lowest BCUT2D eigenvalue weighted by Gasteiger charge is -2.09. The van der Waals surface area contributed by atoms with E-state index in [-0.39, 0.29) is 11.9 Å². The average Bonchev–Trinajstić information content (AvgIpc) is 2.11. The van der Waals surface area contributed by atoms with Gasteiger partial charge >= 0.3 is 5.97 Å². The molecule has 0 spiro atoms. The fourth-order valence-electron chi connectivity index (χ4n) is 1.07. The first kappa shape index (κ1) is 11.2. The van der Waals surface area contributed by atoms with Crippen LogP contribution in [-0.4, -0.2) is 13.1 Å². The predicted molar refractivity (Wildman–Crippen MR) is 49.8 cm³/mol. The van der Waals surface area contributed by atoms with Crippen molar-refractivity contribution in [1.82, 2.24) is 0 Å². The van der Waals surface area contributed by atoms with Crippen molar-refractivity contribution in [3.8, 4) is 0 Å². The first-order valence-corrected chi connectivity index (χ1v) is 4.44. The minimum atomic E-state index is -0.143. The van der Waals surface area contributed by atoms with E-state index in [1.165, 1.54) is 7.11 Å². The Kier molecular flexibility index (Phi) is 6.44. The van der Waals surface area contributed by atoms with Crippen LogP contribution in [0, 0.1) is 5.92 Å². The highest BCUT2D eigenvalue weighted by molar-refractivity contribution is 5.69. The summed E-state index contributed by atoms with van der Waals surface area (Å²) in [5, 5.41) is 0. The Morgan fingerprint density at radius 3 is 2.75 bits per heavy atom. The second-order valence-electron chi connectivity index (χ2n) is 2.92. The lowest BCUT2D eigenvalue weighted by atomic mass is 9.99. The van der Waals surface area contributed by atoms with Gasteiger partial charge in [-0.3, -0.25) is 4.79 Å². The third-order valence-electron chi connectivity index (χ3n) is 1.92. The smallest absolute Gasteiger partial charge is 0.306 e. The Hall–Kier alpha value is -0.790. The Labute approximate surface area is 74.6 Å². The molecule has 0 aromatic heterocycles. The van der Waals surface area contributed by atoms with E-state index in [1.807, 2.05) is 6.08 Å². The maximum atomic E-state index is 10.9. The van der Waals surface area contributed by atoms with Gasteiger partial charge in [-0.15, -0.1) is 6.58 Å². The summed E-state index contributed by atoms with van der Waals surface area (Å²) in [4.78, 5) is 10.9. The summed E-state index contributed by atoms with van der Waals surface area (Å²) in [5.74, 6) is 0.147. The van der Waals surface area contributed by atoms with Crippen molar-refractivity contribution in [2.75, 3.05) is 7.11 Å². The molecule has 0 heterocycles. The van der Waals surface area contributed by atoms with E-state index >= 15 is 0 Å². The third-order valence-corrected chi connectivity index (χ3v) is 1.92. The largest absolute Gasteiger partial charge is 0.469 e. The molecule has 0 unspecified atom stereocenters. The highest BCUT2D eigenvalue weighted by Crippen LogP contribution is 2.14. The van der Waals surface area contributed by atoms with Crippen molar-refractivity contribution in [1.29, 1.82) is 0 Å². The molecule has 0 amide bonds. The molecule has 0 bridgehead atoms. The summed E-state index contributed by atoms with van der Waals surface area (Å²) >= 11 is 0. The zero-order valence-electron chi connectivity index (χ0n) is 8.01. The summed E-state index contributed by atoms with van der Waals surface area (Å²) in [5.41, 5.74) is 0. The quantitative estimate of drug-likeness (QED) is 0.452. The SMILES string of the molecule is C=C[C@@H](CCCC)CC(=O)OC. The number of hydrogen-bond donors (Lipinski definition) is 0. The first-order chi connectivity index (χ1) is 5.74. The van der Waals surface area contributed by atoms with Gasteiger partial charge in [-0.1, -0.05) is 25.8 Å². The summed E-state index contributed by atoms with van der Waals surface area (Å²) in [6.07, 6.45) is 5.65. The van der Waals surface area contributed by atoms with E-state index in [0.717, 1.165) is 19.3 Å². The van der Waals surface area contributed by atoms with E-state index in [1.54, 1.807) is 0 Å². The summed E-state index contributed by atoms with van der Waals surface area (Å²) in [6, 6.07) is 0. The number of rotatable bonds is 6. The molecule has 0 N–H and O–H groups in total. The van der Waals surface area contributed by atoms with Crippen LogP contribution in [0.1, 0.15) is 32.6 Å². The van der Waals surface area contributed by atoms with Crippen molar-refractivity contribution < 1.29 is 9.53 Å². The number of hydrogen-bond acceptors (Lipinski definition) is 2. The molecule has 0 aliphatic rings. The van der Waals surface area contributed by atoms with E-state index in [4.69, 9.17) is 0 Å². The molecule has 0 fully saturated rings. The number of unbranched alkanes of at least 4 members (excludes halogenated alkanes) is 1. The fourth-order valence-corrected chi connectivity index (χ4v) is 1.07. The summed E-state index contributed by atoms with van der Waals surface area (Å²) in [7, 11) is 1.42. The molecular formula is C10H18O2. The van der Waals surface area contributed by atoms with Gasteiger partial charge in [0.15, 0.2) is 0 Å². The van der Waals surface area contributed by atoms with E-state index in [9.17, 15) is 4.79 Å². The van der Waals surface area contributed by atoms with Gasteiger partial charge in [-0.2, -0.15) is 0 Å². The zero-order valence-corrected chi connectivity index (χ0v) is 8.01. The molecule has 2 heteroatoms.